The molecule has 0 aliphatic heterocycles. The monoisotopic (exact) mass is 422 g/mol. The van der Waals surface area contributed by atoms with E-state index in [0.717, 1.165) is 0 Å². The summed E-state index contributed by atoms with van der Waals surface area (Å²) in [6.07, 6.45) is 2.95. The molecule has 0 bridgehead atoms. The maximum absolute atomic E-state index is 12.3. The number of halogens is 2. The molecule has 28 heavy (non-hydrogen) atoms. The van der Waals surface area contributed by atoms with Gasteiger partial charge in [0.15, 0.2) is 0 Å². The van der Waals surface area contributed by atoms with E-state index in [-0.39, 0.29) is 12.5 Å². The molecule has 0 saturated heterocycles. The lowest BCUT2D eigenvalue weighted by atomic mass is 10.1. The van der Waals surface area contributed by atoms with Crippen LogP contribution in [-0.4, -0.2) is 44.5 Å². The molecule has 2 amide bonds. The average Bonchev–Trinajstić information content (AvgIpc) is 2.68. The Hall–Kier alpha value is -2.70. The first-order chi connectivity index (χ1) is 13.3. The van der Waals surface area contributed by atoms with E-state index in [1.54, 1.807) is 49.6 Å². The van der Waals surface area contributed by atoms with Crippen LogP contribution in [0.15, 0.2) is 42.5 Å². The summed E-state index contributed by atoms with van der Waals surface area (Å²) in [6, 6.07) is 10.1. The normalized spacial score (nSPS) is 10.6. The van der Waals surface area contributed by atoms with Gasteiger partial charge in [-0.1, -0.05) is 29.3 Å². The fraction of sp³-hybridized carbons (Fsp3) is 0.200. The van der Waals surface area contributed by atoms with Gasteiger partial charge in [0.1, 0.15) is 11.5 Å². The minimum atomic E-state index is -0.418. The van der Waals surface area contributed by atoms with Crippen molar-refractivity contribution >= 4 is 46.8 Å². The summed E-state index contributed by atoms with van der Waals surface area (Å²) < 4.78 is 10.4. The van der Waals surface area contributed by atoms with Crippen LogP contribution in [0.4, 0.5) is 5.69 Å². The smallest absolute Gasteiger partial charge is 0.246 e. The number of hydrogen-bond donors (Lipinski definition) is 1. The van der Waals surface area contributed by atoms with Crippen LogP contribution in [0.3, 0.4) is 0 Å². The molecular formula is C20H20Cl2N2O4. The number of nitrogens with one attached hydrogen (secondary N) is 1. The quantitative estimate of drug-likeness (QED) is 0.681. The Morgan fingerprint density at radius 2 is 1.79 bits per heavy atom. The number of para-hydroxylation sites is 1. The van der Waals surface area contributed by atoms with Gasteiger partial charge < -0.3 is 19.7 Å². The lowest BCUT2D eigenvalue weighted by Crippen LogP contribution is -2.34. The second-order valence-corrected chi connectivity index (χ2v) is 6.59. The van der Waals surface area contributed by atoms with Crippen LogP contribution < -0.4 is 14.8 Å². The fourth-order valence-corrected chi connectivity index (χ4v) is 2.84. The number of ether oxygens (including phenoxy) is 2. The van der Waals surface area contributed by atoms with E-state index in [1.807, 2.05) is 0 Å². The van der Waals surface area contributed by atoms with Crippen molar-refractivity contribution in [3.63, 3.8) is 0 Å². The number of anilines is 1. The predicted octanol–water partition coefficient (Wildman–Crippen LogP) is 4.12. The average molecular weight is 423 g/mol. The van der Waals surface area contributed by atoms with E-state index in [2.05, 4.69) is 5.32 Å². The van der Waals surface area contributed by atoms with Crippen molar-refractivity contribution < 1.29 is 19.1 Å². The number of rotatable bonds is 7. The highest BCUT2D eigenvalue weighted by Crippen LogP contribution is 2.29. The van der Waals surface area contributed by atoms with Gasteiger partial charge in [0.05, 0.1) is 36.5 Å². The minimum Gasteiger partial charge on any atom is -0.497 e. The van der Waals surface area contributed by atoms with Crippen LogP contribution in [0.2, 0.25) is 10.0 Å². The van der Waals surface area contributed by atoms with E-state index >= 15 is 0 Å². The number of likely N-dealkylation sites (N-methyl/N-ethyl adjacent to an activating group) is 1. The highest BCUT2D eigenvalue weighted by molar-refractivity contribution is 6.39. The number of hydrogen-bond acceptors (Lipinski definition) is 4. The van der Waals surface area contributed by atoms with Crippen LogP contribution in [0.25, 0.3) is 6.08 Å². The maximum atomic E-state index is 12.3. The molecule has 0 saturated carbocycles. The van der Waals surface area contributed by atoms with Crippen LogP contribution >= 0.6 is 23.2 Å². The highest BCUT2D eigenvalue weighted by Gasteiger charge is 2.14. The van der Waals surface area contributed by atoms with Gasteiger partial charge in [-0.05, 0) is 36.4 Å². The zero-order valence-corrected chi connectivity index (χ0v) is 17.2. The molecule has 148 valence electrons. The van der Waals surface area contributed by atoms with Crippen molar-refractivity contribution in [2.45, 2.75) is 0 Å². The minimum absolute atomic E-state index is 0.167. The van der Waals surface area contributed by atoms with Gasteiger partial charge in [-0.3, -0.25) is 9.59 Å². The number of benzene rings is 2. The molecule has 0 atom stereocenters. The molecule has 2 rings (SSSR count). The molecular weight excluding hydrogens is 403 g/mol. The van der Waals surface area contributed by atoms with Gasteiger partial charge in [0, 0.05) is 18.7 Å². The van der Waals surface area contributed by atoms with Gasteiger partial charge >= 0.3 is 0 Å². The van der Waals surface area contributed by atoms with Gasteiger partial charge in [0.2, 0.25) is 11.8 Å². The molecule has 0 radical (unpaired) electrons. The summed E-state index contributed by atoms with van der Waals surface area (Å²) in [6.45, 7) is -0.167. The van der Waals surface area contributed by atoms with Crippen molar-refractivity contribution in [1.82, 2.24) is 4.90 Å². The third-order valence-electron chi connectivity index (χ3n) is 3.83. The molecule has 2 aromatic carbocycles. The molecule has 0 unspecified atom stereocenters. The van der Waals surface area contributed by atoms with Crippen LogP contribution in [-0.2, 0) is 9.59 Å². The summed E-state index contributed by atoms with van der Waals surface area (Å²) in [5.41, 5.74) is 0.990. The molecule has 0 fully saturated rings. The molecule has 6 nitrogen and oxygen atoms in total. The van der Waals surface area contributed by atoms with Crippen LogP contribution in [0.5, 0.6) is 11.5 Å². The summed E-state index contributed by atoms with van der Waals surface area (Å²) >= 11 is 12.1. The second-order valence-electron chi connectivity index (χ2n) is 5.78. The maximum Gasteiger partial charge on any atom is 0.246 e. The zero-order chi connectivity index (χ0) is 20.7. The Morgan fingerprint density at radius 1 is 1.11 bits per heavy atom. The van der Waals surface area contributed by atoms with Crippen LogP contribution in [0, 0.1) is 0 Å². The molecule has 0 heterocycles. The third-order valence-corrected chi connectivity index (χ3v) is 4.46. The predicted molar refractivity (Wildman–Crippen MR) is 111 cm³/mol. The number of amides is 2. The second kappa shape index (κ2) is 10.0. The highest BCUT2D eigenvalue weighted by atomic mass is 35.5. The van der Waals surface area contributed by atoms with Crippen molar-refractivity contribution in [3.8, 4) is 11.5 Å². The summed E-state index contributed by atoms with van der Waals surface area (Å²) in [5.74, 6) is 0.458. The van der Waals surface area contributed by atoms with Crippen LogP contribution in [0.1, 0.15) is 5.56 Å². The van der Waals surface area contributed by atoms with Crippen molar-refractivity contribution in [3.05, 3.63) is 58.1 Å². The first-order valence-corrected chi connectivity index (χ1v) is 9.00. The molecule has 0 spiro atoms. The first-order valence-electron chi connectivity index (χ1n) is 8.24. The van der Waals surface area contributed by atoms with E-state index in [9.17, 15) is 9.59 Å². The Balaban J connectivity index is 2.03. The standard InChI is InChI=1S/C20H20Cl2N2O4/c1-24(12-18(25)23-20-15(21)5-4-6-16(20)22)19(26)10-7-13-11-14(27-2)8-9-17(13)28-3/h4-11H,12H2,1-3H3,(H,23,25)/b10-7+. The summed E-state index contributed by atoms with van der Waals surface area (Å²) in [4.78, 5) is 25.8. The third kappa shape index (κ3) is 5.65. The van der Waals surface area contributed by atoms with E-state index < -0.39 is 5.91 Å². The molecule has 0 aliphatic carbocycles. The van der Waals surface area contributed by atoms with Gasteiger partial charge in [-0.25, -0.2) is 0 Å². The van der Waals surface area contributed by atoms with Gasteiger partial charge in [0.25, 0.3) is 0 Å². The number of carbonyl (C=O) groups is 2. The Kier molecular flexibility index (Phi) is 7.72. The molecule has 2 aromatic rings. The molecule has 0 aromatic heterocycles. The van der Waals surface area contributed by atoms with Crippen molar-refractivity contribution in [2.24, 2.45) is 0 Å². The Labute approximate surface area is 173 Å². The topological polar surface area (TPSA) is 67.9 Å². The Bertz CT molecular complexity index is 880. The molecule has 0 aliphatic rings. The van der Waals surface area contributed by atoms with Gasteiger partial charge in [-0.15, -0.1) is 0 Å². The number of nitrogens with zero attached hydrogens (tertiary/aromatic N) is 1. The largest absolute Gasteiger partial charge is 0.497 e. The van der Waals surface area contributed by atoms with E-state index in [1.165, 1.54) is 25.1 Å². The summed E-state index contributed by atoms with van der Waals surface area (Å²) in [5, 5.41) is 3.25. The Morgan fingerprint density at radius 3 is 2.39 bits per heavy atom. The lowest BCUT2D eigenvalue weighted by Gasteiger charge is -2.16. The summed E-state index contributed by atoms with van der Waals surface area (Å²) in [7, 11) is 4.61. The van der Waals surface area contributed by atoms with Crippen molar-refractivity contribution in [1.29, 1.82) is 0 Å². The van der Waals surface area contributed by atoms with Gasteiger partial charge in [-0.2, -0.15) is 0 Å². The fourth-order valence-electron chi connectivity index (χ4n) is 2.35. The lowest BCUT2D eigenvalue weighted by molar-refractivity contribution is -0.129. The number of methoxy groups -OCH3 is 2. The number of carbonyl (C=O) groups excluding carboxylic acids is 2. The van der Waals surface area contributed by atoms with E-state index in [4.69, 9.17) is 32.7 Å². The molecule has 8 heteroatoms. The van der Waals surface area contributed by atoms with E-state index in [0.29, 0.717) is 32.8 Å². The molecule has 1 N–H and O–H groups in total. The zero-order valence-electron chi connectivity index (χ0n) is 15.7. The SMILES string of the molecule is COc1ccc(OC)c(/C=C/C(=O)N(C)CC(=O)Nc2c(Cl)cccc2Cl)c1. The van der Waals surface area contributed by atoms with Crippen molar-refractivity contribution in [2.75, 3.05) is 33.1 Å². The first kappa shape index (κ1) is 21.6.